The van der Waals surface area contributed by atoms with Gasteiger partial charge in [-0.3, -0.25) is 9.59 Å². The van der Waals surface area contributed by atoms with E-state index in [9.17, 15) is 9.59 Å². The molecule has 4 nitrogen and oxygen atoms in total. The van der Waals surface area contributed by atoms with Crippen molar-refractivity contribution < 1.29 is 9.59 Å². The second-order valence-corrected chi connectivity index (χ2v) is 6.49. The fourth-order valence-electron chi connectivity index (χ4n) is 2.51. The number of nitrogens with zero attached hydrogens (tertiary/aromatic N) is 1. The molecule has 0 unspecified atom stereocenters. The number of rotatable bonds is 7. The lowest BCUT2D eigenvalue weighted by atomic mass is 10.1. The van der Waals surface area contributed by atoms with Crippen LogP contribution in [-0.4, -0.2) is 29.8 Å². The normalized spacial score (nSPS) is 10.6. The number of benzene rings is 2. The van der Waals surface area contributed by atoms with Crippen LogP contribution < -0.4 is 5.32 Å². The van der Waals surface area contributed by atoms with Crippen molar-refractivity contribution in [3.8, 4) is 0 Å². The second-order valence-electron chi connectivity index (χ2n) is 6.49. The van der Waals surface area contributed by atoms with Crippen molar-refractivity contribution in [2.45, 2.75) is 27.3 Å². The maximum Gasteiger partial charge on any atom is 0.254 e. The highest BCUT2D eigenvalue weighted by atomic mass is 16.2. The first-order valence-corrected chi connectivity index (χ1v) is 8.72. The average Bonchev–Trinajstić information content (AvgIpc) is 2.64. The molecule has 0 atom stereocenters. The van der Waals surface area contributed by atoms with Crippen LogP contribution in [-0.2, 0) is 6.54 Å². The summed E-state index contributed by atoms with van der Waals surface area (Å²) >= 11 is 0. The Hall–Kier alpha value is -2.62. The maximum absolute atomic E-state index is 12.8. The molecule has 2 aromatic carbocycles. The molecule has 0 bridgehead atoms. The fourth-order valence-corrected chi connectivity index (χ4v) is 2.51. The first-order valence-electron chi connectivity index (χ1n) is 8.72. The van der Waals surface area contributed by atoms with E-state index in [1.807, 2.05) is 51.1 Å². The summed E-state index contributed by atoms with van der Waals surface area (Å²) in [6.07, 6.45) is 0. The van der Waals surface area contributed by atoms with Gasteiger partial charge in [-0.25, -0.2) is 0 Å². The molecule has 0 aromatic heterocycles. The number of nitrogens with one attached hydrogen (secondary N) is 1. The van der Waals surface area contributed by atoms with Gasteiger partial charge in [-0.05, 0) is 36.6 Å². The van der Waals surface area contributed by atoms with Gasteiger partial charge >= 0.3 is 0 Å². The monoisotopic (exact) mass is 338 g/mol. The maximum atomic E-state index is 12.8. The van der Waals surface area contributed by atoms with E-state index in [1.54, 1.807) is 29.2 Å². The highest BCUT2D eigenvalue weighted by molar-refractivity contribution is 5.99. The van der Waals surface area contributed by atoms with Gasteiger partial charge in [0.2, 0.25) is 0 Å². The molecular formula is C21H26N2O2. The van der Waals surface area contributed by atoms with E-state index in [-0.39, 0.29) is 11.8 Å². The van der Waals surface area contributed by atoms with Crippen LogP contribution in [0.4, 0.5) is 0 Å². The molecule has 0 fully saturated rings. The first-order chi connectivity index (χ1) is 12.0. The number of carbonyl (C=O) groups is 2. The Bertz CT molecular complexity index is 711. The number of hydrogen-bond donors (Lipinski definition) is 1. The van der Waals surface area contributed by atoms with E-state index in [0.717, 1.165) is 5.56 Å². The van der Waals surface area contributed by atoms with Crippen molar-refractivity contribution >= 4 is 11.8 Å². The van der Waals surface area contributed by atoms with E-state index >= 15 is 0 Å². The topological polar surface area (TPSA) is 49.4 Å². The Morgan fingerprint density at radius 3 is 2.32 bits per heavy atom. The summed E-state index contributed by atoms with van der Waals surface area (Å²) in [5.74, 6) is 0.176. The average molecular weight is 338 g/mol. The van der Waals surface area contributed by atoms with Gasteiger partial charge in [-0.2, -0.15) is 0 Å². The predicted molar refractivity (Wildman–Crippen MR) is 100 cm³/mol. The Kier molecular flexibility index (Phi) is 6.75. The van der Waals surface area contributed by atoms with Gasteiger partial charge in [-0.15, -0.1) is 0 Å². The van der Waals surface area contributed by atoms with Gasteiger partial charge in [0.05, 0.1) is 0 Å². The second kappa shape index (κ2) is 9.02. The summed E-state index contributed by atoms with van der Waals surface area (Å²) in [6, 6.07) is 16.8. The van der Waals surface area contributed by atoms with Crippen molar-refractivity contribution in [2.24, 2.45) is 5.92 Å². The van der Waals surface area contributed by atoms with E-state index in [2.05, 4.69) is 5.32 Å². The van der Waals surface area contributed by atoms with Crippen LogP contribution in [0.5, 0.6) is 0 Å². The van der Waals surface area contributed by atoms with Gasteiger partial charge in [0.15, 0.2) is 0 Å². The molecular weight excluding hydrogens is 312 g/mol. The van der Waals surface area contributed by atoms with E-state index in [0.29, 0.717) is 36.7 Å². The predicted octanol–water partition coefficient (Wildman–Crippen LogP) is 3.73. The Morgan fingerprint density at radius 2 is 1.68 bits per heavy atom. The van der Waals surface area contributed by atoms with Crippen molar-refractivity contribution in [3.63, 3.8) is 0 Å². The van der Waals surface area contributed by atoms with E-state index in [1.165, 1.54) is 0 Å². The quantitative estimate of drug-likeness (QED) is 0.836. The van der Waals surface area contributed by atoms with Gasteiger partial charge in [-0.1, -0.05) is 50.2 Å². The Balaban J connectivity index is 2.12. The van der Waals surface area contributed by atoms with Crippen LogP contribution in [0.25, 0.3) is 0 Å². The SMILES string of the molecule is CCN(Cc1ccccc1)C(=O)c1cccc(C(=O)NCC(C)C)c1. The molecule has 2 aromatic rings. The summed E-state index contributed by atoms with van der Waals surface area (Å²) in [7, 11) is 0. The molecule has 132 valence electrons. The molecule has 2 amide bonds. The highest BCUT2D eigenvalue weighted by Crippen LogP contribution is 2.12. The van der Waals surface area contributed by atoms with Gasteiger partial charge in [0, 0.05) is 30.8 Å². The molecule has 1 N–H and O–H groups in total. The van der Waals surface area contributed by atoms with Crippen molar-refractivity contribution in [2.75, 3.05) is 13.1 Å². The highest BCUT2D eigenvalue weighted by Gasteiger charge is 2.16. The third-order valence-corrected chi connectivity index (χ3v) is 3.93. The lowest BCUT2D eigenvalue weighted by molar-refractivity contribution is 0.0752. The number of carbonyl (C=O) groups excluding carboxylic acids is 2. The molecule has 0 saturated carbocycles. The Morgan fingerprint density at radius 1 is 1.00 bits per heavy atom. The summed E-state index contributed by atoms with van der Waals surface area (Å²) in [4.78, 5) is 26.8. The molecule has 4 heteroatoms. The molecule has 0 aliphatic carbocycles. The zero-order valence-corrected chi connectivity index (χ0v) is 15.2. The lowest BCUT2D eigenvalue weighted by Crippen LogP contribution is -2.31. The van der Waals surface area contributed by atoms with Gasteiger partial charge < -0.3 is 10.2 Å². The van der Waals surface area contributed by atoms with Crippen molar-refractivity contribution in [1.82, 2.24) is 10.2 Å². The summed E-state index contributed by atoms with van der Waals surface area (Å²) in [5, 5.41) is 2.88. The summed E-state index contributed by atoms with van der Waals surface area (Å²) < 4.78 is 0. The lowest BCUT2D eigenvalue weighted by Gasteiger charge is -2.21. The standard InChI is InChI=1S/C21H26N2O2/c1-4-23(15-17-9-6-5-7-10-17)21(25)19-12-8-11-18(13-19)20(24)22-14-16(2)3/h5-13,16H,4,14-15H2,1-3H3,(H,22,24). The van der Waals surface area contributed by atoms with Crippen molar-refractivity contribution in [1.29, 1.82) is 0 Å². The molecule has 0 aliphatic rings. The Labute approximate surface area is 149 Å². The molecule has 25 heavy (non-hydrogen) atoms. The fraction of sp³-hybridized carbons (Fsp3) is 0.333. The minimum Gasteiger partial charge on any atom is -0.352 e. The van der Waals surface area contributed by atoms with Crippen LogP contribution >= 0.6 is 0 Å². The zero-order valence-electron chi connectivity index (χ0n) is 15.2. The first kappa shape index (κ1) is 18.7. The largest absolute Gasteiger partial charge is 0.352 e. The zero-order chi connectivity index (χ0) is 18.2. The molecule has 0 heterocycles. The van der Waals surface area contributed by atoms with Crippen LogP contribution in [0, 0.1) is 5.92 Å². The minimum atomic E-state index is -0.144. The number of amides is 2. The third-order valence-electron chi connectivity index (χ3n) is 3.93. The van der Waals surface area contributed by atoms with Crippen LogP contribution in [0.3, 0.4) is 0 Å². The number of hydrogen-bond acceptors (Lipinski definition) is 2. The molecule has 0 spiro atoms. The van der Waals surface area contributed by atoms with Crippen molar-refractivity contribution in [3.05, 3.63) is 71.3 Å². The van der Waals surface area contributed by atoms with Gasteiger partial charge in [0.1, 0.15) is 0 Å². The van der Waals surface area contributed by atoms with Crippen LogP contribution in [0.1, 0.15) is 47.1 Å². The van der Waals surface area contributed by atoms with E-state index < -0.39 is 0 Å². The molecule has 0 aliphatic heterocycles. The smallest absolute Gasteiger partial charge is 0.254 e. The van der Waals surface area contributed by atoms with Gasteiger partial charge in [0.25, 0.3) is 11.8 Å². The summed E-state index contributed by atoms with van der Waals surface area (Å²) in [5.41, 5.74) is 2.14. The minimum absolute atomic E-state index is 0.0649. The molecule has 0 radical (unpaired) electrons. The third kappa shape index (κ3) is 5.45. The molecule has 0 saturated heterocycles. The molecule has 2 rings (SSSR count). The summed E-state index contributed by atoms with van der Waals surface area (Å²) in [6.45, 7) is 7.83. The van der Waals surface area contributed by atoms with Crippen LogP contribution in [0.15, 0.2) is 54.6 Å². The van der Waals surface area contributed by atoms with Crippen LogP contribution in [0.2, 0.25) is 0 Å². The van der Waals surface area contributed by atoms with E-state index in [4.69, 9.17) is 0 Å².